The van der Waals surface area contributed by atoms with Crippen LogP contribution in [0.4, 0.5) is 23.7 Å². The number of anilines is 1. The molecule has 2 aliphatic rings. The normalized spacial score (nSPS) is 21.5. The predicted octanol–water partition coefficient (Wildman–Crippen LogP) is 4.47. The summed E-state index contributed by atoms with van der Waals surface area (Å²) >= 11 is 0. The van der Waals surface area contributed by atoms with E-state index in [0.717, 1.165) is 39.1 Å². The highest BCUT2D eigenvalue weighted by Crippen LogP contribution is 2.35. The van der Waals surface area contributed by atoms with Crippen LogP contribution in [0.3, 0.4) is 0 Å². The Morgan fingerprint density at radius 3 is 2.55 bits per heavy atom. The van der Waals surface area contributed by atoms with Gasteiger partial charge in [-0.05, 0) is 49.6 Å². The smallest absolute Gasteiger partial charge is 0.316 e. The number of urea groups is 1. The molecule has 0 aliphatic carbocycles. The van der Waals surface area contributed by atoms with Crippen LogP contribution in [-0.4, -0.2) is 62.9 Å². The monoisotopic (exact) mass is 458 g/mol. The average molecular weight is 458 g/mol. The number of aryl methyl sites for hydroxylation is 2. The highest BCUT2D eigenvalue weighted by Gasteiger charge is 2.42. The number of benzene rings is 1. The first kappa shape index (κ1) is 21.7. The molecule has 33 heavy (non-hydrogen) atoms. The molecule has 3 aromatic rings. The Hall–Kier alpha value is -3.14. The van der Waals surface area contributed by atoms with Crippen molar-refractivity contribution in [2.24, 2.45) is 5.92 Å². The van der Waals surface area contributed by atoms with Crippen molar-refractivity contribution in [2.75, 3.05) is 25.0 Å². The second kappa shape index (κ2) is 7.72. The zero-order valence-corrected chi connectivity index (χ0v) is 18.6. The second-order valence-electron chi connectivity index (χ2n) is 9.18. The number of nitrogens with zero attached hydrogens (tertiary/aromatic N) is 4. The molecule has 0 spiro atoms. The number of pyridine rings is 1. The maximum atomic E-state index is 12.9. The van der Waals surface area contributed by atoms with Gasteiger partial charge < -0.3 is 10.2 Å². The summed E-state index contributed by atoms with van der Waals surface area (Å²) in [6.45, 7) is 5.67. The molecule has 5 rings (SSSR count). The molecule has 4 heterocycles. The van der Waals surface area contributed by atoms with Crippen LogP contribution >= 0.6 is 0 Å². The van der Waals surface area contributed by atoms with Crippen molar-refractivity contribution in [1.82, 2.24) is 25.0 Å². The van der Waals surface area contributed by atoms with E-state index in [-0.39, 0.29) is 24.5 Å². The van der Waals surface area contributed by atoms with Gasteiger partial charge in [-0.25, -0.2) is 4.79 Å². The third-order valence-electron chi connectivity index (χ3n) is 6.44. The van der Waals surface area contributed by atoms with Gasteiger partial charge in [0, 0.05) is 47.7 Å². The van der Waals surface area contributed by atoms with Crippen molar-refractivity contribution in [2.45, 2.75) is 39.5 Å². The zero-order valence-electron chi connectivity index (χ0n) is 18.6. The number of carbonyl (C=O) groups is 1. The van der Waals surface area contributed by atoms with E-state index < -0.39 is 12.7 Å². The maximum Gasteiger partial charge on any atom is 0.401 e. The van der Waals surface area contributed by atoms with E-state index in [1.165, 1.54) is 4.90 Å². The quantitative estimate of drug-likeness (QED) is 0.607. The third kappa shape index (κ3) is 4.15. The number of aromatic nitrogens is 3. The Morgan fingerprint density at radius 2 is 1.85 bits per heavy atom. The molecule has 2 amide bonds. The second-order valence-corrected chi connectivity index (χ2v) is 9.18. The SMILES string of the molecule is Cc1cc(-c2n[nH]c3cc4c(cc23)CN([C@@H]2CN(CC(F)(F)F)C[C@H]2C)C(=O)N4)cc(C)n1. The molecule has 1 fully saturated rings. The van der Waals surface area contributed by atoms with Crippen molar-refractivity contribution in [1.29, 1.82) is 0 Å². The first-order chi connectivity index (χ1) is 15.6. The van der Waals surface area contributed by atoms with Crippen LogP contribution in [0.1, 0.15) is 23.9 Å². The van der Waals surface area contributed by atoms with Crippen LogP contribution in [0.15, 0.2) is 24.3 Å². The van der Waals surface area contributed by atoms with E-state index in [4.69, 9.17) is 0 Å². The molecule has 1 aromatic carbocycles. The Kier molecular flexibility index (Phi) is 5.08. The van der Waals surface area contributed by atoms with Gasteiger partial charge in [-0.15, -0.1) is 0 Å². The molecule has 2 atom stereocenters. The Bertz CT molecular complexity index is 1220. The molecular formula is C23H25F3N6O. The minimum absolute atomic E-state index is 0.0596. The van der Waals surface area contributed by atoms with Gasteiger partial charge in [0.25, 0.3) is 0 Å². The highest BCUT2D eigenvalue weighted by molar-refractivity contribution is 6.00. The summed E-state index contributed by atoms with van der Waals surface area (Å²) in [5.74, 6) is -0.0596. The Labute approximate surface area is 189 Å². The van der Waals surface area contributed by atoms with Crippen molar-refractivity contribution >= 4 is 22.6 Å². The zero-order chi connectivity index (χ0) is 23.5. The maximum absolute atomic E-state index is 12.9. The van der Waals surface area contributed by atoms with Crippen LogP contribution in [0.25, 0.3) is 22.2 Å². The first-order valence-electron chi connectivity index (χ1n) is 10.9. The van der Waals surface area contributed by atoms with E-state index in [0.29, 0.717) is 18.8 Å². The van der Waals surface area contributed by atoms with Gasteiger partial charge in [0.2, 0.25) is 0 Å². The molecule has 2 aliphatic heterocycles. The minimum Gasteiger partial charge on any atom is -0.316 e. The number of fused-ring (bicyclic) bond motifs is 2. The molecule has 2 aromatic heterocycles. The van der Waals surface area contributed by atoms with E-state index in [2.05, 4.69) is 20.5 Å². The number of aromatic amines is 1. The van der Waals surface area contributed by atoms with Gasteiger partial charge in [-0.2, -0.15) is 18.3 Å². The summed E-state index contributed by atoms with van der Waals surface area (Å²) < 4.78 is 38.6. The van der Waals surface area contributed by atoms with Crippen molar-refractivity contribution in [3.8, 4) is 11.3 Å². The lowest BCUT2D eigenvalue weighted by Gasteiger charge is -2.35. The number of halogens is 3. The molecule has 0 bridgehead atoms. The molecular weight excluding hydrogens is 433 g/mol. The number of H-pyrrole nitrogens is 1. The van der Waals surface area contributed by atoms with Crippen LogP contribution < -0.4 is 5.32 Å². The first-order valence-corrected chi connectivity index (χ1v) is 10.9. The number of hydrogen-bond donors (Lipinski definition) is 2. The summed E-state index contributed by atoms with van der Waals surface area (Å²) in [5, 5.41) is 11.4. The van der Waals surface area contributed by atoms with Crippen LogP contribution in [0, 0.1) is 19.8 Å². The molecule has 0 radical (unpaired) electrons. The standard InChI is InChI=1S/C23H25F3N6O/c1-12-8-31(11-23(24,25)26)10-20(12)32-9-16-6-17-19(7-18(16)28-22(32)33)29-30-21(17)15-4-13(2)27-14(3)5-15/h4-7,12,20H,8-11H2,1-3H3,(H,28,33)(H,29,30)/t12-,20-/m1/s1. The average Bonchev–Trinajstić information content (AvgIpc) is 3.26. The minimum atomic E-state index is -4.25. The van der Waals surface area contributed by atoms with Gasteiger partial charge in [-0.3, -0.25) is 15.0 Å². The van der Waals surface area contributed by atoms with Crippen molar-refractivity contribution in [3.05, 3.63) is 41.2 Å². The van der Waals surface area contributed by atoms with Crippen LogP contribution in [-0.2, 0) is 6.54 Å². The number of carbonyl (C=O) groups excluding carboxylic acids is 1. The molecule has 2 N–H and O–H groups in total. The van der Waals surface area contributed by atoms with E-state index >= 15 is 0 Å². The number of likely N-dealkylation sites (tertiary alicyclic amines) is 1. The highest BCUT2D eigenvalue weighted by atomic mass is 19.4. The lowest BCUT2D eigenvalue weighted by atomic mass is 10.00. The van der Waals surface area contributed by atoms with Crippen molar-refractivity contribution in [3.63, 3.8) is 0 Å². The molecule has 7 nitrogen and oxygen atoms in total. The largest absolute Gasteiger partial charge is 0.401 e. The molecule has 0 saturated carbocycles. The van der Waals surface area contributed by atoms with E-state index in [1.807, 2.05) is 45.0 Å². The lowest BCUT2D eigenvalue weighted by Crippen LogP contribution is -2.48. The molecule has 0 unspecified atom stereocenters. The Balaban J connectivity index is 1.46. The fourth-order valence-electron chi connectivity index (χ4n) is 5.09. The van der Waals surface area contributed by atoms with Gasteiger partial charge in [0.1, 0.15) is 5.69 Å². The number of rotatable bonds is 3. The lowest BCUT2D eigenvalue weighted by molar-refractivity contribution is -0.144. The molecule has 10 heteroatoms. The summed E-state index contributed by atoms with van der Waals surface area (Å²) in [5.41, 5.74) is 5.96. The topological polar surface area (TPSA) is 77.2 Å². The van der Waals surface area contributed by atoms with E-state index in [9.17, 15) is 18.0 Å². The predicted molar refractivity (Wildman–Crippen MR) is 119 cm³/mol. The van der Waals surface area contributed by atoms with Crippen LogP contribution in [0.5, 0.6) is 0 Å². The van der Waals surface area contributed by atoms with Gasteiger partial charge >= 0.3 is 12.2 Å². The van der Waals surface area contributed by atoms with E-state index in [1.54, 1.807) is 4.90 Å². The van der Waals surface area contributed by atoms with Gasteiger partial charge in [0.05, 0.1) is 18.1 Å². The third-order valence-corrected chi connectivity index (χ3v) is 6.44. The fourth-order valence-corrected chi connectivity index (χ4v) is 5.09. The number of alkyl halides is 3. The Morgan fingerprint density at radius 1 is 1.12 bits per heavy atom. The summed E-state index contributed by atoms with van der Waals surface area (Å²) in [6.07, 6.45) is -4.25. The summed E-state index contributed by atoms with van der Waals surface area (Å²) in [4.78, 5) is 20.3. The molecule has 1 saturated heterocycles. The fraction of sp³-hybridized carbons (Fsp3) is 0.435. The van der Waals surface area contributed by atoms with Crippen LogP contribution in [0.2, 0.25) is 0 Å². The van der Waals surface area contributed by atoms with Gasteiger partial charge in [-0.1, -0.05) is 6.92 Å². The summed E-state index contributed by atoms with van der Waals surface area (Å²) in [7, 11) is 0. The number of hydrogen-bond acceptors (Lipinski definition) is 4. The van der Waals surface area contributed by atoms with Gasteiger partial charge in [0.15, 0.2) is 0 Å². The number of amides is 2. The molecule has 174 valence electrons. The summed E-state index contributed by atoms with van der Waals surface area (Å²) in [6, 6.07) is 7.26. The number of nitrogens with one attached hydrogen (secondary N) is 2. The van der Waals surface area contributed by atoms with Crippen molar-refractivity contribution < 1.29 is 18.0 Å².